The van der Waals surface area contributed by atoms with Gasteiger partial charge in [-0.05, 0) is 51.6 Å². The van der Waals surface area contributed by atoms with Gasteiger partial charge in [-0.3, -0.25) is 0 Å². The number of halogens is 1. The second-order valence-electron chi connectivity index (χ2n) is 4.45. The molecule has 0 radical (unpaired) electrons. The van der Waals surface area contributed by atoms with Crippen LogP contribution in [0.5, 0.6) is 0 Å². The smallest absolute Gasteiger partial charge is 0.0410 e. The Kier molecular flexibility index (Phi) is 4.00. The molecule has 0 spiro atoms. The summed E-state index contributed by atoms with van der Waals surface area (Å²) in [4.78, 5) is 0. The fourth-order valence-corrected chi connectivity index (χ4v) is 1.46. The summed E-state index contributed by atoms with van der Waals surface area (Å²) in [5.41, 5.74) is 2.41. The Balaban J connectivity index is 2.66. The lowest BCUT2D eigenvalue weighted by atomic mass is 10.1. The highest BCUT2D eigenvalue weighted by Gasteiger charge is 2.14. The van der Waals surface area contributed by atoms with Gasteiger partial charge in [0.25, 0.3) is 0 Å². The lowest BCUT2D eigenvalue weighted by Crippen LogP contribution is -2.42. The Morgan fingerprint density at radius 2 is 2.00 bits per heavy atom. The van der Waals surface area contributed by atoms with E-state index in [1.54, 1.807) is 0 Å². The van der Waals surface area contributed by atoms with Crippen LogP contribution in [0, 0.1) is 6.92 Å². The first-order valence-electron chi connectivity index (χ1n) is 5.13. The molecule has 0 saturated carbocycles. The zero-order chi connectivity index (χ0) is 11.5. The van der Waals surface area contributed by atoms with Crippen molar-refractivity contribution in [3.63, 3.8) is 0 Å². The summed E-state index contributed by atoms with van der Waals surface area (Å²) in [7, 11) is 1.97. The molecule has 1 aromatic rings. The Morgan fingerprint density at radius 3 is 2.53 bits per heavy atom. The average molecular weight is 227 g/mol. The van der Waals surface area contributed by atoms with E-state index in [0.29, 0.717) is 0 Å². The van der Waals surface area contributed by atoms with Gasteiger partial charge in [-0.2, -0.15) is 0 Å². The number of benzene rings is 1. The molecule has 3 heteroatoms. The van der Waals surface area contributed by atoms with Gasteiger partial charge >= 0.3 is 0 Å². The van der Waals surface area contributed by atoms with E-state index in [1.807, 2.05) is 25.2 Å². The Hall–Kier alpha value is -0.730. The lowest BCUT2D eigenvalue weighted by Gasteiger charge is -2.25. The van der Waals surface area contributed by atoms with Crippen LogP contribution >= 0.6 is 11.6 Å². The van der Waals surface area contributed by atoms with E-state index >= 15 is 0 Å². The SMILES string of the molecule is CNC(C)(C)CNc1ccc(Cl)cc1C. The van der Waals surface area contributed by atoms with Gasteiger partial charge in [0.1, 0.15) is 0 Å². The molecule has 84 valence electrons. The van der Waals surface area contributed by atoms with Crippen molar-refractivity contribution in [1.29, 1.82) is 0 Å². The van der Waals surface area contributed by atoms with Crippen LogP contribution in [-0.4, -0.2) is 19.1 Å². The van der Waals surface area contributed by atoms with Crippen LogP contribution < -0.4 is 10.6 Å². The van der Waals surface area contributed by atoms with Gasteiger partial charge in [-0.25, -0.2) is 0 Å². The van der Waals surface area contributed by atoms with Crippen LogP contribution in [0.1, 0.15) is 19.4 Å². The van der Waals surface area contributed by atoms with Crippen molar-refractivity contribution in [3.8, 4) is 0 Å². The molecule has 0 amide bonds. The van der Waals surface area contributed by atoms with Gasteiger partial charge in [0.15, 0.2) is 0 Å². The molecule has 0 bridgehead atoms. The third kappa shape index (κ3) is 3.73. The Bertz CT molecular complexity index is 334. The maximum Gasteiger partial charge on any atom is 0.0410 e. The third-order valence-corrected chi connectivity index (χ3v) is 2.82. The summed E-state index contributed by atoms with van der Waals surface area (Å²) in [6.07, 6.45) is 0. The van der Waals surface area contributed by atoms with Gasteiger partial charge in [0.2, 0.25) is 0 Å². The van der Waals surface area contributed by atoms with Gasteiger partial charge in [-0.1, -0.05) is 11.6 Å². The van der Waals surface area contributed by atoms with Crippen LogP contribution in [0.15, 0.2) is 18.2 Å². The fraction of sp³-hybridized carbons (Fsp3) is 0.500. The number of anilines is 1. The molecule has 0 aliphatic heterocycles. The predicted octanol–water partition coefficient (Wildman–Crippen LogP) is 3.06. The molecule has 0 saturated heterocycles. The molecular weight excluding hydrogens is 208 g/mol. The van der Waals surface area contributed by atoms with Crippen molar-refractivity contribution in [1.82, 2.24) is 5.32 Å². The van der Waals surface area contributed by atoms with Crippen molar-refractivity contribution in [2.75, 3.05) is 18.9 Å². The molecule has 0 heterocycles. The van der Waals surface area contributed by atoms with E-state index < -0.39 is 0 Å². The van der Waals surface area contributed by atoms with Crippen molar-refractivity contribution in [2.24, 2.45) is 0 Å². The standard InChI is InChI=1S/C12H19ClN2/c1-9-7-10(13)5-6-11(9)15-8-12(2,3)14-4/h5-7,14-15H,8H2,1-4H3. The van der Waals surface area contributed by atoms with Crippen molar-refractivity contribution in [2.45, 2.75) is 26.3 Å². The monoisotopic (exact) mass is 226 g/mol. The van der Waals surface area contributed by atoms with Gasteiger partial charge in [-0.15, -0.1) is 0 Å². The average Bonchev–Trinajstić information content (AvgIpc) is 2.16. The predicted molar refractivity (Wildman–Crippen MR) is 67.8 cm³/mol. The molecule has 0 aliphatic rings. The molecule has 15 heavy (non-hydrogen) atoms. The molecule has 0 atom stereocenters. The maximum absolute atomic E-state index is 5.89. The molecule has 1 rings (SSSR count). The van der Waals surface area contributed by atoms with Crippen molar-refractivity contribution < 1.29 is 0 Å². The summed E-state index contributed by atoms with van der Waals surface area (Å²) >= 11 is 5.89. The minimum absolute atomic E-state index is 0.0894. The number of hydrogen-bond acceptors (Lipinski definition) is 2. The third-order valence-electron chi connectivity index (χ3n) is 2.59. The molecule has 1 aromatic carbocycles. The van der Waals surface area contributed by atoms with Crippen LogP contribution in [0.3, 0.4) is 0 Å². The summed E-state index contributed by atoms with van der Waals surface area (Å²) in [6, 6.07) is 5.89. The first-order chi connectivity index (χ1) is 6.94. The first kappa shape index (κ1) is 12.3. The molecule has 0 aliphatic carbocycles. The van der Waals surface area contributed by atoms with Gasteiger partial charge in [0, 0.05) is 22.8 Å². The minimum Gasteiger partial charge on any atom is -0.383 e. The Morgan fingerprint density at radius 1 is 1.33 bits per heavy atom. The number of likely N-dealkylation sites (N-methyl/N-ethyl adjacent to an activating group) is 1. The zero-order valence-electron chi connectivity index (χ0n) is 9.82. The quantitative estimate of drug-likeness (QED) is 0.825. The van der Waals surface area contributed by atoms with E-state index in [1.165, 1.54) is 5.56 Å². The van der Waals surface area contributed by atoms with E-state index in [4.69, 9.17) is 11.6 Å². The van der Waals surface area contributed by atoms with Gasteiger partial charge < -0.3 is 10.6 Å². The zero-order valence-corrected chi connectivity index (χ0v) is 10.6. The maximum atomic E-state index is 5.89. The summed E-state index contributed by atoms with van der Waals surface area (Å²) in [6.45, 7) is 7.25. The molecular formula is C12H19ClN2. The highest BCUT2D eigenvalue weighted by Crippen LogP contribution is 2.20. The molecule has 2 N–H and O–H groups in total. The molecule has 0 aromatic heterocycles. The van der Waals surface area contributed by atoms with Gasteiger partial charge in [0.05, 0.1) is 0 Å². The van der Waals surface area contributed by atoms with E-state index in [2.05, 4.69) is 31.4 Å². The summed E-state index contributed by atoms with van der Waals surface area (Å²) in [5.74, 6) is 0. The summed E-state index contributed by atoms with van der Waals surface area (Å²) in [5, 5.41) is 7.45. The Labute approximate surface area is 97.0 Å². The largest absolute Gasteiger partial charge is 0.383 e. The molecule has 2 nitrogen and oxygen atoms in total. The van der Waals surface area contributed by atoms with Crippen LogP contribution in [0.2, 0.25) is 5.02 Å². The first-order valence-corrected chi connectivity index (χ1v) is 5.51. The number of rotatable bonds is 4. The minimum atomic E-state index is 0.0894. The van der Waals surface area contributed by atoms with E-state index in [0.717, 1.165) is 17.3 Å². The normalized spacial score (nSPS) is 11.5. The lowest BCUT2D eigenvalue weighted by molar-refractivity contribution is 0.448. The second kappa shape index (κ2) is 4.86. The highest BCUT2D eigenvalue weighted by atomic mass is 35.5. The number of nitrogens with one attached hydrogen (secondary N) is 2. The number of aryl methyl sites for hydroxylation is 1. The van der Waals surface area contributed by atoms with Crippen LogP contribution in [0.4, 0.5) is 5.69 Å². The molecule has 0 unspecified atom stereocenters. The van der Waals surface area contributed by atoms with Crippen LogP contribution in [0.25, 0.3) is 0 Å². The summed E-state index contributed by atoms with van der Waals surface area (Å²) < 4.78 is 0. The van der Waals surface area contributed by atoms with Crippen molar-refractivity contribution in [3.05, 3.63) is 28.8 Å². The number of hydrogen-bond donors (Lipinski definition) is 2. The van der Waals surface area contributed by atoms with E-state index in [-0.39, 0.29) is 5.54 Å². The fourth-order valence-electron chi connectivity index (χ4n) is 1.23. The second-order valence-corrected chi connectivity index (χ2v) is 4.88. The van der Waals surface area contributed by atoms with Crippen LogP contribution in [-0.2, 0) is 0 Å². The topological polar surface area (TPSA) is 24.1 Å². The molecule has 0 fully saturated rings. The van der Waals surface area contributed by atoms with Crippen molar-refractivity contribution >= 4 is 17.3 Å². The van der Waals surface area contributed by atoms with E-state index in [9.17, 15) is 0 Å². The highest BCUT2D eigenvalue weighted by molar-refractivity contribution is 6.30.